The van der Waals surface area contributed by atoms with Crippen molar-refractivity contribution in [3.8, 4) is 11.5 Å². The van der Waals surface area contributed by atoms with Gasteiger partial charge in [0.1, 0.15) is 17.2 Å². The number of nitrogen functional groups attached to an aromatic ring is 2. The number of nitro groups is 1. The molecule has 0 aliphatic carbocycles. The standard InChI is InChI=1S/C17H14ClN5O3/c18-12-7-4-8-14(26-10-5-2-1-3-6-10)11(12)9-13-15(23(24)25)16(19)22-17(20)21-13/h1-8H,9H2,(H4,19,20,21,22). The van der Waals surface area contributed by atoms with Crippen LogP contribution in [0.25, 0.3) is 0 Å². The van der Waals surface area contributed by atoms with E-state index in [1.807, 2.05) is 18.2 Å². The van der Waals surface area contributed by atoms with Crippen molar-refractivity contribution in [1.82, 2.24) is 9.97 Å². The molecule has 0 radical (unpaired) electrons. The number of para-hydroxylation sites is 1. The van der Waals surface area contributed by atoms with Crippen molar-refractivity contribution in [2.24, 2.45) is 0 Å². The molecular formula is C17H14ClN5O3. The Morgan fingerprint density at radius 3 is 2.50 bits per heavy atom. The molecule has 0 bridgehead atoms. The van der Waals surface area contributed by atoms with Crippen molar-refractivity contribution in [2.45, 2.75) is 6.42 Å². The molecule has 2 aromatic carbocycles. The van der Waals surface area contributed by atoms with Crippen molar-refractivity contribution >= 4 is 29.1 Å². The SMILES string of the molecule is Nc1nc(N)c([N+](=O)[O-])c(Cc2c(Cl)cccc2Oc2ccccc2)n1. The predicted molar refractivity (Wildman–Crippen MR) is 98.3 cm³/mol. The Morgan fingerprint density at radius 2 is 1.81 bits per heavy atom. The minimum atomic E-state index is -0.640. The number of nitrogens with zero attached hydrogens (tertiary/aromatic N) is 3. The second kappa shape index (κ2) is 7.24. The number of benzene rings is 2. The molecule has 3 aromatic rings. The second-order valence-electron chi connectivity index (χ2n) is 5.33. The molecule has 1 heterocycles. The molecular weight excluding hydrogens is 358 g/mol. The highest BCUT2D eigenvalue weighted by molar-refractivity contribution is 6.31. The molecule has 26 heavy (non-hydrogen) atoms. The van der Waals surface area contributed by atoms with Crippen LogP contribution in [0.5, 0.6) is 11.5 Å². The lowest BCUT2D eigenvalue weighted by Crippen LogP contribution is -2.09. The maximum absolute atomic E-state index is 11.3. The van der Waals surface area contributed by atoms with Gasteiger partial charge in [-0.2, -0.15) is 4.98 Å². The fourth-order valence-corrected chi connectivity index (χ4v) is 2.68. The maximum atomic E-state index is 11.3. The lowest BCUT2D eigenvalue weighted by atomic mass is 10.1. The van der Waals surface area contributed by atoms with E-state index in [4.69, 9.17) is 27.8 Å². The number of hydrogen-bond donors (Lipinski definition) is 2. The Hall–Kier alpha value is -3.39. The molecule has 8 nitrogen and oxygen atoms in total. The summed E-state index contributed by atoms with van der Waals surface area (Å²) in [6, 6.07) is 14.2. The first-order valence-corrected chi connectivity index (χ1v) is 7.90. The molecule has 0 atom stereocenters. The zero-order chi connectivity index (χ0) is 18.7. The second-order valence-corrected chi connectivity index (χ2v) is 5.74. The number of halogens is 1. The van der Waals surface area contributed by atoms with Gasteiger partial charge in [0.05, 0.1) is 4.92 Å². The van der Waals surface area contributed by atoms with Gasteiger partial charge in [-0.1, -0.05) is 35.9 Å². The van der Waals surface area contributed by atoms with Crippen molar-refractivity contribution in [3.05, 3.63) is 74.9 Å². The Balaban J connectivity index is 2.05. The Kier molecular flexibility index (Phi) is 4.85. The average molecular weight is 372 g/mol. The normalized spacial score (nSPS) is 10.5. The van der Waals surface area contributed by atoms with Crippen molar-refractivity contribution in [2.75, 3.05) is 11.5 Å². The van der Waals surface area contributed by atoms with Crippen LogP contribution in [0.3, 0.4) is 0 Å². The first-order chi connectivity index (χ1) is 12.5. The van der Waals surface area contributed by atoms with Crippen LogP contribution < -0.4 is 16.2 Å². The zero-order valence-electron chi connectivity index (χ0n) is 13.4. The highest BCUT2D eigenvalue weighted by Crippen LogP contribution is 2.34. The number of hydrogen-bond acceptors (Lipinski definition) is 7. The highest BCUT2D eigenvalue weighted by atomic mass is 35.5. The van der Waals surface area contributed by atoms with Crippen LogP contribution in [0.15, 0.2) is 48.5 Å². The molecule has 0 saturated heterocycles. The summed E-state index contributed by atoms with van der Waals surface area (Å²) < 4.78 is 5.86. The van der Waals surface area contributed by atoms with E-state index < -0.39 is 10.6 Å². The Morgan fingerprint density at radius 1 is 1.08 bits per heavy atom. The first-order valence-electron chi connectivity index (χ1n) is 7.52. The van der Waals surface area contributed by atoms with Gasteiger partial charge in [0.2, 0.25) is 11.8 Å². The van der Waals surface area contributed by atoms with Gasteiger partial charge in [-0.3, -0.25) is 10.1 Å². The summed E-state index contributed by atoms with van der Waals surface area (Å²) in [5, 5.41) is 11.7. The number of aromatic nitrogens is 2. The van der Waals surface area contributed by atoms with Gasteiger partial charge in [-0.05, 0) is 24.3 Å². The molecule has 0 fully saturated rings. The van der Waals surface area contributed by atoms with E-state index in [2.05, 4.69) is 9.97 Å². The fourth-order valence-electron chi connectivity index (χ4n) is 2.45. The smallest absolute Gasteiger partial charge is 0.332 e. The summed E-state index contributed by atoms with van der Waals surface area (Å²) >= 11 is 6.30. The Bertz CT molecular complexity index is 966. The fraction of sp³-hybridized carbons (Fsp3) is 0.0588. The number of ether oxygens (including phenoxy) is 1. The van der Waals surface area contributed by atoms with Gasteiger partial charge in [-0.15, -0.1) is 0 Å². The maximum Gasteiger partial charge on any atom is 0.332 e. The summed E-state index contributed by atoms with van der Waals surface area (Å²) in [7, 11) is 0. The van der Waals surface area contributed by atoms with Crippen LogP contribution in [0.2, 0.25) is 5.02 Å². The van der Waals surface area contributed by atoms with E-state index in [9.17, 15) is 10.1 Å². The molecule has 3 rings (SSSR count). The lowest BCUT2D eigenvalue weighted by Gasteiger charge is -2.13. The van der Waals surface area contributed by atoms with Crippen molar-refractivity contribution in [1.29, 1.82) is 0 Å². The van der Waals surface area contributed by atoms with Gasteiger partial charge in [0.15, 0.2) is 0 Å². The Labute approximate surface area is 153 Å². The summed E-state index contributed by atoms with van der Waals surface area (Å²) in [6.07, 6.45) is 0.00900. The molecule has 0 aliphatic rings. The lowest BCUT2D eigenvalue weighted by molar-refractivity contribution is -0.385. The summed E-state index contributed by atoms with van der Waals surface area (Å²) in [4.78, 5) is 18.3. The van der Waals surface area contributed by atoms with Crippen LogP contribution in [0.1, 0.15) is 11.3 Å². The summed E-state index contributed by atoms with van der Waals surface area (Å²) in [5.41, 5.74) is 11.4. The minimum absolute atomic E-state index is 0.00900. The highest BCUT2D eigenvalue weighted by Gasteiger charge is 2.24. The third kappa shape index (κ3) is 3.65. The summed E-state index contributed by atoms with van der Waals surface area (Å²) in [5.74, 6) is 0.608. The molecule has 0 saturated carbocycles. The van der Waals surface area contributed by atoms with Crippen LogP contribution in [0, 0.1) is 10.1 Å². The van der Waals surface area contributed by atoms with E-state index in [1.54, 1.807) is 30.3 Å². The van der Waals surface area contributed by atoms with E-state index in [-0.39, 0.29) is 23.9 Å². The number of rotatable bonds is 5. The molecule has 0 unspecified atom stereocenters. The van der Waals surface area contributed by atoms with Crippen LogP contribution in [0.4, 0.5) is 17.5 Å². The van der Waals surface area contributed by atoms with Gasteiger partial charge in [-0.25, -0.2) is 4.98 Å². The monoisotopic (exact) mass is 371 g/mol. The average Bonchev–Trinajstić information content (AvgIpc) is 2.58. The van der Waals surface area contributed by atoms with Crippen molar-refractivity contribution < 1.29 is 9.66 Å². The molecule has 1 aromatic heterocycles. The molecule has 0 amide bonds. The predicted octanol–water partition coefficient (Wildman–Crippen LogP) is 3.59. The van der Waals surface area contributed by atoms with E-state index >= 15 is 0 Å². The molecule has 0 aliphatic heterocycles. The van der Waals surface area contributed by atoms with E-state index in [1.165, 1.54) is 0 Å². The van der Waals surface area contributed by atoms with Crippen LogP contribution in [-0.2, 0) is 6.42 Å². The zero-order valence-corrected chi connectivity index (χ0v) is 14.2. The summed E-state index contributed by atoms with van der Waals surface area (Å²) in [6.45, 7) is 0. The van der Waals surface area contributed by atoms with Crippen molar-refractivity contribution in [3.63, 3.8) is 0 Å². The van der Waals surface area contributed by atoms with Gasteiger partial charge < -0.3 is 16.2 Å². The molecule has 9 heteroatoms. The van der Waals surface area contributed by atoms with Crippen LogP contribution in [-0.4, -0.2) is 14.9 Å². The quantitative estimate of drug-likeness (QED) is 0.517. The third-order valence-corrected chi connectivity index (χ3v) is 3.93. The molecule has 132 valence electrons. The first kappa shape index (κ1) is 17.4. The van der Waals surface area contributed by atoms with E-state index in [0.29, 0.717) is 22.1 Å². The molecule has 0 spiro atoms. The number of anilines is 2. The molecule has 4 N–H and O–H groups in total. The largest absolute Gasteiger partial charge is 0.457 e. The topological polar surface area (TPSA) is 130 Å². The van der Waals surface area contributed by atoms with E-state index in [0.717, 1.165) is 0 Å². The van der Waals surface area contributed by atoms with Crippen LogP contribution >= 0.6 is 11.6 Å². The van der Waals surface area contributed by atoms with Gasteiger partial charge in [0.25, 0.3) is 0 Å². The number of nitrogens with two attached hydrogens (primary N) is 2. The third-order valence-electron chi connectivity index (χ3n) is 3.57. The van der Waals surface area contributed by atoms with Gasteiger partial charge in [0, 0.05) is 17.0 Å². The minimum Gasteiger partial charge on any atom is -0.457 e. The van der Waals surface area contributed by atoms with Gasteiger partial charge >= 0.3 is 5.69 Å².